The zero-order valence-electron chi connectivity index (χ0n) is 13.0. The SMILES string of the molecule is CC(=O)c1cn(CCC2CCCCN2C)c(=O)n(C)c1=O. The molecule has 6 heteroatoms. The van der Waals surface area contributed by atoms with Crippen molar-refractivity contribution in [3.05, 3.63) is 32.6 Å². The van der Waals surface area contributed by atoms with Crippen LogP contribution in [0.3, 0.4) is 0 Å². The number of piperidine rings is 1. The summed E-state index contributed by atoms with van der Waals surface area (Å²) in [7, 11) is 3.52. The molecule has 116 valence electrons. The van der Waals surface area contributed by atoms with Crippen LogP contribution in [0.5, 0.6) is 0 Å². The number of likely N-dealkylation sites (tertiary alicyclic amines) is 1. The molecule has 1 fully saturated rings. The molecule has 0 aromatic carbocycles. The van der Waals surface area contributed by atoms with Crippen LogP contribution in [0.2, 0.25) is 0 Å². The maximum absolute atomic E-state index is 12.1. The van der Waals surface area contributed by atoms with Crippen LogP contribution >= 0.6 is 0 Å². The van der Waals surface area contributed by atoms with Gasteiger partial charge in [-0.05, 0) is 39.8 Å². The van der Waals surface area contributed by atoms with E-state index in [4.69, 9.17) is 0 Å². The first-order valence-corrected chi connectivity index (χ1v) is 7.43. The number of carbonyl (C=O) groups is 1. The first-order valence-electron chi connectivity index (χ1n) is 7.43. The monoisotopic (exact) mass is 293 g/mol. The van der Waals surface area contributed by atoms with Gasteiger partial charge in [0.1, 0.15) is 0 Å². The lowest BCUT2D eigenvalue weighted by molar-refractivity contribution is 0.101. The fourth-order valence-corrected chi connectivity index (χ4v) is 2.93. The van der Waals surface area contributed by atoms with E-state index in [2.05, 4.69) is 11.9 Å². The smallest absolute Gasteiger partial charge is 0.303 e. The van der Waals surface area contributed by atoms with Gasteiger partial charge in [-0.15, -0.1) is 0 Å². The molecule has 0 bridgehead atoms. The molecule has 1 unspecified atom stereocenters. The Morgan fingerprint density at radius 3 is 2.62 bits per heavy atom. The second kappa shape index (κ2) is 6.39. The zero-order chi connectivity index (χ0) is 15.6. The lowest BCUT2D eigenvalue weighted by Gasteiger charge is -2.32. The lowest BCUT2D eigenvalue weighted by Crippen LogP contribution is -2.42. The van der Waals surface area contributed by atoms with Gasteiger partial charge in [-0.1, -0.05) is 6.42 Å². The Morgan fingerprint density at radius 1 is 1.29 bits per heavy atom. The summed E-state index contributed by atoms with van der Waals surface area (Å²) in [6.45, 7) is 2.97. The Bertz CT molecular complexity index is 645. The van der Waals surface area contributed by atoms with E-state index in [1.54, 1.807) is 0 Å². The predicted octanol–water partition coefficient (Wildman–Crippen LogP) is 0.624. The molecular formula is C15H23N3O3. The van der Waals surface area contributed by atoms with E-state index in [1.807, 2.05) is 0 Å². The molecule has 1 atom stereocenters. The van der Waals surface area contributed by atoms with E-state index < -0.39 is 5.56 Å². The number of ketones is 1. The fourth-order valence-electron chi connectivity index (χ4n) is 2.93. The predicted molar refractivity (Wildman–Crippen MR) is 80.8 cm³/mol. The topological polar surface area (TPSA) is 64.3 Å². The average molecular weight is 293 g/mol. The molecule has 2 heterocycles. The highest BCUT2D eigenvalue weighted by Crippen LogP contribution is 2.18. The third-order valence-electron chi connectivity index (χ3n) is 4.36. The Balaban J connectivity index is 2.22. The fraction of sp³-hybridized carbons (Fsp3) is 0.667. The van der Waals surface area contributed by atoms with Crippen LogP contribution in [0.4, 0.5) is 0 Å². The maximum atomic E-state index is 12.1. The van der Waals surface area contributed by atoms with Crippen LogP contribution in [0.25, 0.3) is 0 Å². The molecule has 0 N–H and O–H groups in total. The van der Waals surface area contributed by atoms with E-state index >= 15 is 0 Å². The molecule has 6 nitrogen and oxygen atoms in total. The summed E-state index contributed by atoms with van der Waals surface area (Å²) in [5, 5.41) is 0. The molecule has 1 saturated heterocycles. The van der Waals surface area contributed by atoms with Crippen LogP contribution in [0, 0.1) is 0 Å². The van der Waals surface area contributed by atoms with Gasteiger partial charge >= 0.3 is 5.69 Å². The van der Waals surface area contributed by atoms with E-state index in [0.717, 1.165) is 24.0 Å². The first-order chi connectivity index (χ1) is 9.91. The molecule has 0 amide bonds. The van der Waals surface area contributed by atoms with Gasteiger partial charge in [0, 0.05) is 25.8 Å². The van der Waals surface area contributed by atoms with E-state index in [9.17, 15) is 14.4 Å². The van der Waals surface area contributed by atoms with Gasteiger partial charge in [0.05, 0.1) is 5.56 Å². The van der Waals surface area contributed by atoms with Crippen molar-refractivity contribution in [3.63, 3.8) is 0 Å². The molecule has 21 heavy (non-hydrogen) atoms. The number of hydrogen-bond donors (Lipinski definition) is 0. The number of aromatic nitrogens is 2. The van der Waals surface area contributed by atoms with Crippen molar-refractivity contribution in [1.29, 1.82) is 0 Å². The highest BCUT2D eigenvalue weighted by atomic mass is 16.2. The molecule has 0 saturated carbocycles. The summed E-state index contributed by atoms with van der Waals surface area (Å²) >= 11 is 0. The van der Waals surface area contributed by atoms with Crippen LogP contribution in [-0.4, -0.2) is 39.5 Å². The van der Waals surface area contributed by atoms with Crippen molar-refractivity contribution in [2.45, 2.75) is 45.2 Å². The van der Waals surface area contributed by atoms with Crippen molar-refractivity contribution in [2.24, 2.45) is 7.05 Å². The van der Waals surface area contributed by atoms with Crippen LogP contribution in [0.1, 0.15) is 43.0 Å². The molecule has 1 aliphatic heterocycles. The maximum Gasteiger partial charge on any atom is 0.330 e. The van der Waals surface area contributed by atoms with Crippen LogP contribution in [-0.2, 0) is 13.6 Å². The average Bonchev–Trinajstić information content (AvgIpc) is 2.45. The summed E-state index contributed by atoms with van der Waals surface area (Å²) in [6, 6.07) is 0.462. The Labute approximate surface area is 124 Å². The van der Waals surface area contributed by atoms with Gasteiger partial charge in [-0.2, -0.15) is 0 Å². The van der Waals surface area contributed by atoms with Crippen molar-refractivity contribution >= 4 is 5.78 Å². The molecule has 0 aliphatic carbocycles. The Morgan fingerprint density at radius 2 is 2.00 bits per heavy atom. The van der Waals surface area contributed by atoms with Crippen molar-refractivity contribution < 1.29 is 4.79 Å². The third-order valence-corrected chi connectivity index (χ3v) is 4.36. The van der Waals surface area contributed by atoms with Crippen LogP contribution < -0.4 is 11.2 Å². The molecule has 2 rings (SSSR count). The van der Waals surface area contributed by atoms with Crippen molar-refractivity contribution in [3.8, 4) is 0 Å². The molecule has 1 aromatic rings. The summed E-state index contributed by atoms with van der Waals surface area (Å²) in [4.78, 5) is 37.8. The molecular weight excluding hydrogens is 270 g/mol. The summed E-state index contributed by atoms with van der Waals surface area (Å²) in [5.41, 5.74) is -0.795. The number of rotatable bonds is 4. The van der Waals surface area contributed by atoms with E-state index in [1.165, 1.54) is 37.6 Å². The number of carbonyl (C=O) groups excluding carboxylic acids is 1. The minimum atomic E-state index is -0.515. The Hall–Kier alpha value is -1.69. The first kappa shape index (κ1) is 15.7. The normalized spacial score (nSPS) is 19.7. The standard InChI is InChI=1S/C15H23N3O3/c1-11(19)13-10-18(15(21)17(3)14(13)20)9-7-12-6-4-5-8-16(12)2/h10,12H,4-9H2,1-3H3. The van der Waals surface area contributed by atoms with Crippen molar-refractivity contribution in [2.75, 3.05) is 13.6 Å². The third kappa shape index (κ3) is 3.32. The number of aryl methyl sites for hydroxylation is 1. The largest absolute Gasteiger partial charge is 0.330 e. The molecule has 0 spiro atoms. The van der Waals surface area contributed by atoms with Crippen molar-refractivity contribution in [1.82, 2.24) is 14.0 Å². The lowest BCUT2D eigenvalue weighted by atomic mass is 10.0. The highest BCUT2D eigenvalue weighted by Gasteiger charge is 2.19. The van der Waals surface area contributed by atoms with Gasteiger partial charge in [0.15, 0.2) is 5.78 Å². The molecule has 1 aliphatic rings. The van der Waals surface area contributed by atoms with E-state index in [0.29, 0.717) is 12.6 Å². The van der Waals surface area contributed by atoms with Gasteiger partial charge in [-0.25, -0.2) is 4.79 Å². The second-order valence-corrected chi connectivity index (χ2v) is 5.86. The number of hydrogen-bond acceptors (Lipinski definition) is 4. The number of Topliss-reactive ketones (excluding diaryl/α,β-unsaturated/α-hetero) is 1. The van der Waals surface area contributed by atoms with Gasteiger partial charge < -0.3 is 4.90 Å². The summed E-state index contributed by atoms with van der Waals surface area (Å²) < 4.78 is 2.50. The quantitative estimate of drug-likeness (QED) is 0.764. The van der Waals surface area contributed by atoms with Gasteiger partial charge in [0.2, 0.25) is 0 Å². The molecule has 1 aromatic heterocycles. The minimum Gasteiger partial charge on any atom is -0.303 e. The Kier molecular flexibility index (Phi) is 4.77. The second-order valence-electron chi connectivity index (χ2n) is 5.86. The van der Waals surface area contributed by atoms with Gasteiger partial charge in [-0.3, -0.25) is 18.7 Å². The van der Waals surface area contributed by atoms with Gasteiger partial charge in [0.25, 0.3) is 5.56 Å². The summed E-state index contributed by atoms with van der Waals surface area (Å²) in [6.07, 6.45) is 5.84. The molecule has 0 radical (unpaired) electrons. The summed E-state index contributed by atoms with van der Waals surface area (Å²) in [5.74, 6) is -0.306. The number of nitrogens with zero attached hydrogens (tertiary/aromatic N) is 3. The van der Waals surface area contributed by atoms with E-state index in [-0.39, 0.29) is 17.0 Å². The minimum absolute atomic E-state index is 0.0779. The highest BCUT2D eigenvalue weighted by molar-refractivity contribution is 5.93. The van der Waals surface area contributed by atoms with Crippen LogP contribution in [0.15, 0.2) is 15.8 Å². The zero-order valence-corrected chi connectivity index (χ0v) is 13.0.